The number of hydrogen-bond donors (Lipinski definition) is 0. The average Bonchev–Trinajstić information content (AvgIpc) is 3.31. The number of aromatic nitrogens is 2. The Morgan fingerprint density at radius 2 is 1.97 bits per heavy atom. The molecule has 1 spiro atoms. The van der Waals surface area contributed by atoms with Crippen LogP contribution in [-0.4, -0.2) is 52.3 Å². The first-order valence-corrected chi connectivity index (χ1v) is 11.1. The van der Waals surface area contributed by atoms with Gasteiger partial charge in [0.2, 0.25) is 6.10 Å². The summed E-state index contributed by atoms with van der Waals surface area (Å²) >= 11 is 0. The van der Waals surface area contributed by atoms with Crippen LogP contribution in [0.5, 0.6) is 0 Å². The third kappa shape index (κ3) is 3.71. The second-order valence-corrected chi connectivity index (χ2v) is 8.89. The first-order chi connectivity index (χ1) is 15.1. The van der Waals surface area contributed by atoms with Gasteiger partial charge >= 0.3 is 0 Å². The van der Waals surface area contributed by atoms with Crippen molar-refractivity contribution in [2.45, 2.75) is 51.2 Å². The first-order valence-electron chi connectivity index (χ1n) is 11.1. The second-order valence-electron chi connectivity index (χ2n) is 8.89. The molecule has 7 heteroatoms. The number of oxime groups is 1. The molecule has 1 saturated heterocycles. The van der Waals surface area contributed by atoms with Gasteiger partial charge in [-0.15, -0.1) is 0 Å². The average molecular weight is 421 g/mol. The maximum Gasteiger partial charge on any atom is 0.266 e. The van der Waals surface area contributed by atoms with Crippen molar-refractivity contribution in [2.24, 2.45) is 11.1 Å². The van der Waals surface area contributed by atoms with Gasteiger partial charge in [-0.1, -0.05) is 49.3 Å². The number of fused-ring (bicyclic) bond motifs is 2. The zero-order chi connectivity index (χ0) is 21.4. The molecule has 1 atom stereocenters. The van der Waals surface area contributed by atoms with Gasteiger partial charge in [-0.2, -0.15) is 0 Å². The maximum absolute atomic E-state index is 13.0. The van der Waals surface area contributed by atoms with Crippen molar-refractivity contribution in [3.63, 3.8) is 0 Å². The molecule has 1 aromatic heterocycles. The molecule has 5 rings (SSSR count). The van der Waals surface area contributed by atoms with Crippen LogP contribution in [-0.2, 0) is 26.4 Å². The number of likely N-dealkylation sites (tertiary alicyclic amines) is 1. The van der Waals surface area contributed by atoms with Crippen molar-refractivity contribution in [1.82, 2.24) is 14.9 Å². The predicted octanol–water partition coefficient (Wildman–Crippen LogP) is 3.33. The minimum absolute atomic E-state index is 0.0259. The molecule has 31 heavy (non-hydrogen) atoms. The number of piperidine rings is 1. The van der Waals surface area contributed by atoms with E-state index in [1.54, 1.807) is 0 Å². The van der Waals surface area contributed by atoms with Gasteiger partial charge in [0.1, 0.15) is 5.60 Å². The van der Waals surface area contributed by atoms with Crippen LogP contribution in [0.2, 0.25) is 0 Å². The van der Waals surface area contributed by atoms with Crippen LogP contribution in [0.4, 0.5) is 0 Å². The summed E-state index contributed by atoms with van der Waals surface area (Å²) in [6.07, 6.45) is 4.32. The number of carbonyl (C=O) groups is 1. The number of ether oxygens (including phenoxy) is 1. The molecule has 0 bridgehead atoms. The van der Waals surface area contributed by atoms with Gasteiger partial charge in [0, 0.05) is 31.3 Å². The summed E-state index contributed by atoms with van der Waals surface area (Å²) < 4.78 is 6.34. The Morgan fingerprint density at radius 3 is 2.68 bits per heavy atom. The predicted molar refractivity (Wildman–Crippen MR) is 116 cm³/mol. The smallest absolute Gasteiger partial charge is 0.266 e. The van der Waals surface area contributed by atoms with Gasteiger partial charge in [-0.05, 0) is 30.7 Å². The Bertz CT molecular complexity index is 997. The Morgan fingerprint density at radius 1 is 1.19 bits per heavy atom. The molecule has 2 aromatic rings. The van der Waals surface area contributed by atoms with Crippen molar-refractivity contribution in [2.75, 3.05) is 19.7 Å². The van der Waals surface area contributed by atoms with E-state index in [0.717, 1.165) is 47.6 Å². The number of carbonyl (C=O) groups excluding carboxylic acids is 1. The van der Waals surface area contributed by atoms with E-state index in [1.807, 2.05) is 41.4 Å². The number of nitrogens with zero attached hydrogens (tertiary/aromatic N) is 4. The fraction of sp³-hybridized carbons (Fsp3) is 0.500. The maximum atomic E-state index is 13.0. The molecule has 1 aromatic carbocycles. The van der Waals surface area contributed by atoms with Gasteiger partial charge in [-0.3, -0.25) is 4.79 Å². The highest BCUT2D eigenvalue weighted by Gasteiger charge is 2.45. The highest BCUT2D eigenvalue weighted by molar-refractivity contribution is 5.93. The lowest BCUT2D eigenvalue weighted by atomic mass is 9.83. The fourth-order valence-electron chi connectivity index (χ4n) is 4.68. The summed E-state index contributed by atoms with van der Waals surface area (Å²) in [5.74, 6) is 1.05. The Balaban J connectivity index is 1.33. The molecular weight excluding hydrogens is 392 g/mol. The summed E-state index contributed by atoms with van der Waals surface area (Å²) in [5, 5.41) is 4.11. The van der Waals surface area contributed by atoms with E-state index in [4.69, 9.17) is 14.6 Å². The lowest BCUT2D eigenvalue weighted by Gasteiger charge is -2.44. The number of benzene rings is 1. The van der Waals surface area contributed by atoms with Crippen LogP contribution < -0.4 is 0 Å². The SMILES string of the molecule is CC(C)C1=NOC(C(=O)N2CCC3(CC2)OCCc2cnc(-c4ccccc4)nc23)C1. The second kappa shape index (κ2) is 8.04. The first kappa shape index (κ1) is 20.1. The molecule has 1 amide bonds. The summed E-state index contributed by atoms with van der Waals surface area (Å²) in [4.78, 5) is 29.9. The zero-order valence-corrected chi connectivity index (χ0v) is 18.1. The topological polar surface area (TPSA) is 76.9 Å². The van der Waals surface area contributed by atoms with E-state index in [1.165, 1.54) is 0 Å². The largest absolute Gasteiger partial charge is 0.382 e. The number of rotatable bonds is 3. The zero-order valence-electron chi connectivity index (χ0n) is 18.1. The van der Waals surface area contributed by atoms with Gasteiger partial charge in [0.15, 0.2) is 5.82 Å². The molecule has 0 saturated carbocycles. The Hall–Kier alpha value is -2.80. The standard InChI is InChI=1S/C24H28N4O3/c1-16(2)19-14-20(31-27-19)23(29)28-11-9-24(10-12-28)21-18(8-13-30-24)15-25-22(26-21)17-6-4-3-5-7-17/h3-7,15-16,20H,8-14H2,1-2H3. The van der Waals surface area contributed by atoms with Gasteiger partial charge < -0.3 is 14.5 Å². The van der Waals surface area contributed by atoms with Gasteiger partial charge in [0.25, 0.3) is 5.91 Å². The van der Waals surface area contributed by atoms with Crippen LogP contribution in [0.15, 0.2) is 41.7 Å². The van der Waals surface area contributed by atoms with Crippen molar-refractivity contribution < 1.29 is 14.4 Å². The minimum atomic E-state index is -0.488. The quantitative estimate of drug-likeness (QED) is 0.761. The van der Waals surface area contributed by atoms with Crippen molar-refractivity contribution in [3.05, 3.63) is 47.8 Å². The van der Waals surface area contributed by atoms with E-state index in [2.05, 4.69) is 24.0 Å². The minimum Gasteiger partial charge on any atom is -0.382 e. The molecule has 1 fully saturated rings. The molecule has 4 heterocycles. The van der Waals surface area contributed by atoms with Crippen molar-refractivity contribution >= 4 is 11.6 Å². The van der Waals surface area contributed by atoms with Crippen LogP contribution in [0.25, 0.3) is 11.4 Å². The van der Waals surface area contributed by atoms with E-state index in [0.29, 0.717) is 32.0 Å². The summed E-state index contributed by atoms with van der Waals surface area (Å²) in [6, 6.07) is 10.0. The number of hydrogen-bond acceptors (Lipinski definition) is 6. The fourth-order valence-corrected chi connectivity index (χ4v) is 4.68. The molecule has 3 aliphatic heterocycles. The van der Waals surface area contributed by atoms with E-state index >= 15 is 0 Å². The highest BCUT2D eigenvalue weighted by atomic mass is 16.6. The molecule has 0 N–H and O–H groups in total. The molecule has 162 valence electrons. The Labute approximate surface area is 182 Å². The normalized spacial score (nSPS) is 22.2. The van der Waals surface area contributed by atoms with E-state index < -0.39 is 11.7 Å². The monoisotopic (exact) mass is 420 g/mol. The van der Waals surface area contributed by atoms with Crippen LogP contribution in [0.1, 0.15) is 44.4 Å². The third-order valence-corrected chi connectivity index (χ3v) is 6.59. The van der Waals surface area contributed by atoms with Crippen molar-refractivity contribution in [1.29, 1.82) is 0 Å². The number of amides is 1. The Kier molecular flexibility index (Phi) is 5.22. The van der Waals surface area contributed by atoms with Crippen LogP contribution in [0, 0.1) is 5.92 Å². The van der Waals surface area contributed by atoms with E-state index in [9.17, 15) is 4.79 Å². The molecule has 0 aliphatic carbocycles. The molecule has 1 unspecified atom stereocenters. The summed E-state index contributed by atoms with van der Waals surface area (Å²) in [6.45, 7) is 6.05. The van der Waals surface area contributed by atoms with Crippen LogP contribution in [0.3, 0.4) is 0 Å². The molecule has 0 radical (unpaired) electrons. The lowest BCUT2D eigenvalue weighted by molar-refractivity contribution is -0.151. The lowest BCUT2D eigenvalue weighted by Crippen LogP contribution is -2.51. The highest BCUT2D eigenvalue weighted by Crippen LogP contribution is 2.41. The van der Waals surface area contributed by atoms with Crippen molar-refractivity contribution in [3.8, 4) is 11.4 Å². The summed E-state index contributed by atoms with van der Waals surface area (Å²) in [7, 11) is 0. The molecular formula is C24H28N4O3. The molecule has 3 aliphatic rings. The molecule has 7 nitrogen and oxygen atoms in total. The van der Waals surface area contributed by atoms with Gasteiger partial charge in [0.05, 0.1) is 18.0 Å². The van der Waals surface area contributed by atoms with Gasteiger partial charge in [-0.25, -0.2) is 9.97 Å². The third-order valence-electron chi connectivity index (χ3n) is 6.59. The van der Waals surface area contributed by atoms with E-state index in [-0.39, 0.29) is 5.91 Å². The summed E-state index contributed by atoms with van der Waals surface area (Å²) in [5.41, 5.74) is 3.65. The van der Waals surface area contributed by atoms with Crippen LogP contribution >= 0.6 is 0 Å².